The number of furan rings is 1. The summed E-state index contributed by atoms with van der Waals surface area (Å²) in [7, 11) is 0. The Balaban J connectivity index is 1.82. The van der Waals surface area contributed by atoms with Crippen molar-refractivity contribution in [2.75, 3.05) is 0 Å². The van der Waals surface area contributed by atoms with E-state index in [9.17, 15) is 0 Å². The maximum Gasteiger partial charge on any atom is 0.211 e. The molecule has 26 heavy (non-hydrogen) atoms. The summed E-state index contributed by atoms with van der Waals surface area (Å²) < 4.78 is 7.29. The van der Waals surface area contributed by atoms with Gasteiger partial charge in [-0.05, 0) is 42.5 Å². The van der Waals surface area contributed by atoms with Crippen molar-refractivity contribution < 1.29 is 4.42 Å². The number of nitrogens with zero attached hydrogens (tertiary/aromatic N) is 4. The van der Waals surface area contributed by atoms with E-state index in [1.54, 1.807) is 29.5 Å². The highest BCUT2D eigenvalue weighted by molar-refractivity contribution is 7.07. The first kappa shape index (κ1) is 16.5. The monoisotopic (exact) mass is 380 g/mol. The van der Waals surface area contributed by atoms with Crippen LogP contribution in [0.25, 0.3) is 11.5 Å². The van der Waals surface area contributed by atoms with Crippen LogP contribution in [0.3, 0.4) is 0 Å². The summed E-state index contributed by atoms with van der Waals surface area (Å²) in [4.78, 5) is 9.50. The van der Waals surface area contributed by atoms with Crippen LogP contribution in [0.4, 0.5) is 5.69 Å². The molecule has 0 saturated heterocycles. The van der Waals surface area contributed by atoms with Crippen LogP contribution in [-0.2, 0) is 0 Å². The van der Waals surface area contributed by atoms with Crippen LogP contribution in [0.5, 0.6) is 0 Å². The first-order valence-corrected chi connectivity index (χ1v) is 9.04. The van der Waals surface area contributed by atoms with Gasteiger partial charge in [0.15, 0.2) is 5.76 Å². The molecule has 3 heterocycles. The molecule has 7 heteroatoms. The molecule has 0 aliphatic carbocycles. The van der Waals surface area contributed by atoms with Gasteiger partial charge in [0.05, 0.1) is 18.2 Å². The van der Waals surface area contributed by atoms with Crippen molar-refractivity contribution in [2.45, 2.75) is 0 Å². The van der Waals surface area contributed by atoms with E-state index in [4.69, 9.17) is 16.0 Å². The van der Waals surface area contributed by atoms with Gasteiger partial charge in [-0.2, -0.15) is 5.10 Å². The van der Waals surface area contributed by atoms with Crippen LogP contribution < -0.4 is 4.80 Å². The third kappa shape index (κ3) is 3.66. The summed E-state index contributed by atoms with van der Waals surface area (Å²) >= 11 is 7.43. The van der Waals surface area contributed by atoms with Gasteiger partial charge in [0.25, 0.3) is 0 Å². The summed E-state index contributed by atoms with van der Waals surface area (Å²) in [5, 5.41) is 7.23. The standard InChI is InChI=1S/C19H13ClN4OS/c20-15-5-7-16(8-6-15)23-19-24(22-12-14-3-1-9-21-11-14)17(13-26-19)18-4-2-10-25-18/h1-13H. The van der Waals surface area contributed by atoms with Gasteiger partial charge >= 0.3 is 0 Å². The fourth-order valence-electron chi connectivity index (χ4n) is 2.29. The van der Waals surface area contributed by atoms with Crippen LogP contribution in [-0.4, -0.2) is 15.9 Å². The Hall–Kier alpha value is -2.96. The SMILES string of the molecule is Clc1ccc(N=c2scc(-c3ccco3)n2N=Cc2cccnc2)cc1. The molecule has 0 radical (unpaired) electrons. The second kappa shape index (κ2) is 7.51. The summed E-state index contributed by atoms with van der Waals surface area (Å²) in [6.07, 6.45) is 6.86. The molecule has 0 saturated carbocycles. The molecule has 0 unspecified atom stereocenters. The van der Waals surface area contributed by atoms with Crippen molar-refractivity contribution in [2.24, 2.45) is 10.1 Å². The van der Waals surface area contributed by atoms with Crippen LogP contribution >= 0.6 is 22.9 Å². The zero-order valence-electron chi connectivity index (χ0n) is 13.5. The minimum atomic E-state index is 0.675. The maximum absolute atomic E-state index is 5.95. The van der Waals surface area contributed by atoms with Gasteiger partial charge in [-0.15, -0.1) is 11.3 Å². The number of halogens is 1. The highest BCUT2D eigenvalue weighted by Crippen LogP contribution is 2.21. The number of hydrogen-bond donors (Lipinski definition) is 0. The minimum Gasteiger partial charge on any atom is -0.463 e. The first-order valence-electron chi connectivity index (χ1n) is 7.79. The van der Waals surface area contributed by atoms with E-state index in [1.807, 2.05) is 53.9 Å². The van der Waals surface area contributed by atoms with Gasteiger partial charge in [-0.3, -0.25) is 4.98 Å². The molecule has 4 rings (SSSR count). The Morgan fingerprint density at radius 2 is 2.00 bits per heavy atom. The second-order valence-electron chi connectivity index (χ2n) is 5.31. The van der Waals surface area contributed by atoms with Gasteiger partial charge in [-0.1, -0.05) is 17.7 Å². The molecule has 0 amide bonds. The summed E-state index contributed by atoms with van der Waals surface area (Å²) in [5.41, 5.74) is 2.52. The van der Waals surface area contributed by atoms with Crippen molar-refractivity contribution in [3.8, 4) is 11.5 Å². The molecular formula is C19H13ClN4OS. The lowest BCUT2D eigenvalue weighted by Crippen LogP contribution is -2.11. The summed E-state index contributed by atoms with van der Waals surface area (Å²) in [6, 6.07) is 14.9. The highest BCUT2D eigenvalue weighted by atomic mass is 35.5. The quantitative estimate of drug-likeness (QED) is 0.469. The molecule has 5 nitrogen and oxygen atoms in total. The molecule has 128 valence electrons. The highest BCUT2D eigenvalue weighted by Gasteiger charge is 2.10. The smallest absolute Gasteiger partial charge is 0.211 e. The minimum absolute atomic E-state index is 0.675. The fourth-order valence-corrected chi connectivity index (χ4v) is 3.25. The lowest BCUT2D eigenvalue weighted by molar-refractivity contribution is 0.575. The van der Waals surface area contributed by atoms with E-state index < -0.39 is 0 Å². The Morgan fingerprint density at radius 3 is 2.73 bits per heavy atom. The van der Waals surface area contributed by atoms with E-state index >= 15 is 0 Å². The van der Waals surface area contributed by atoms with E-state index in [0.717, 1.165) is 27.5 Å². The average molecular weight is 381 g/mol. The summed E-state index contributed by atoms with van der Waals surface area (Å²) in [5.74, 6) is 0.724. The Morgan fingerprint density at radius 1 is 1.12 bits per heavy atom. The van der Waals surface area contributed by atoms with Crippen LogP contribution in [0, 0.1) is 0 Å². The molecule has 0 aliphatic rings. The number of aromatic nitrogens is 2. The third-order valence-electron chi connectivity index (χ3n) is 3.52. The van der Waals surface area contributed by atoms with E-state index in [2.05, 4.69) is 15.1 Å². The zero-order chi connectivity index (χ0) is 17.8. The van der Waals surface area contributed by atoms with Gasteiger partial charge < -0.3 is 4.42 Å². The topological polar surface area (TPSA) is 55.7 Å². The normalized spacial score (nSPS) is 12.1. The first-order chi connectivity index (χ1) is 12.8. The van der Waals surface area contributed by atoms with E-state index in [1.165, 1.54) is 11.3 Å². The number of hydrogen-bond acceptors (Lipinski definition) is 5. The molecule has 0 bridgehead atoms. The van der Waals surface area contributed by atoms with Crippen LogP contribution in [0.15, 0.2) is 87.1 Å². The molecular weight excluding hydrogens is 368 g/mol. The fraction of sp³-hybridized carbons (Fsp3) is 0. The Bertz CT molecular complexity index is 1080. The van der Waals surface area contributed by atoms with Crippen molar-refractivity contribution >= 4 is 34.8 Å². The molecule has 0 atom stereocenters. The lowest BCUT2D eigenvalue weighted by atomic mass is 10.3. The number of rotatable bonds is 4. The molecule has 0 spiro atoms. The molecule has 3 aromatic heterocycles. The largest absolute Gasteiger partial charge is 0.463 e. The Kier molecular flexibility index (Phi) is 4.77. The van der Waals surface area contributed by atoms with Crippen LogP contribution in [0.2, 0.25) is 5.02 Å². The lowest BCUT2D eigenvalue weighted by Gasteiger charge is -2.00. The molecule has 0 aliphatic heterocycles. The molecule has 4 aromatic rings. The number of thiazole rings is 1. The van der Waals surface area contributed by atoms with Crippen molar-refractivity contribution in [3.05, 3.63) is 88.0 Å². The van der Waals surface area contributed by atoms with Gasteiger partial charge in [0.1, 0.15) is 5.69 Å². The molecule has 0 N–H and O–H groups in total. The van der Waals surface area contributed by atoms with Crippen molar-refractivity contribution in [3.63, 3.8) is 0 Å². The van der Waals surface area contributed by atoms with Crippen molar-refractivity contribution in [1.29, 1.82) is 0 Å². The van der Waals surface area contributed by atoms with Crippen LogP contribution in [0.1, 0.15) is 5.56 Å². The predicted molar refractivity (Wildman–Crippen MR) is 104 cm³/mol. The van der Waals surface area contributed by atoms with Gasteiger partial charge in [0, 0.05) is 28.4 Å². The van der Waals surface area contributed by atoms with Gasteiger partial charge in [0.2, 0.25) is 4.80 Å². The third-order valence-corrected chi connectivity index (χ3v) is 4.59. The Labute approximate surface area is 158 Å². The van der Waals surface area contributed by atoms with E-state index in [-0.39, 0.29) is 0 Å². The number of benzene rings is 1. The predicted octanol–water partition coefficient (Wildman–Crippen LogP) is 4.97. The van der Waals surface area contributed by atoms with Gasteiger partial charge in [-0.25, -0.2) is 9.67 Å². The summed E-state index contributed by atoms with van der Waals surface area (Å²) in [6.45, 7) is 0. The number of pyridine rings is 1. The zero-order valence-corrected chi connectivity index (χ0v) is 15.1. The molecule has 1 aromatic carbocycles. The maximum atomic E-state index is 5.95. The van der Waals surface area contributed by atoms with E-state index in [0.29, 0.717) is 5.02 Å². The van der Waals surface area contributed by atoms with Crippen molar-refractivity contribution in [1.82, 2.24) is 9.66 Å². The second-order valence-corrected chi connectivity index (χ2v) is 6.58. The molecule has 0 fully saturated rings. The average Bonchev–Trinajstić information content (AvgIpc) is 3.32.